The first-order valence-electron chi connectivity index (χ1n) is 3.84. The number of hydrogen-bond acceptors (Lipinski definition) is 0. The highest BCUT2D eigenvalue weighted by Gasteiger charge is 2.48. The van der Waals surface area contributed by atoms with Crippen molar-refractivity contribution in [2.24, 2.45) is 0 Å². The molecule has 0 aliphatic heterocycles. The fraction of sp³-hybridized carbons (Fsp3) is 1.00. The van der Waals surface area contributed by atoms with Crippen LogP contribution < -0.4 is 0 Å². The first kappa shape index (κ1) is 13.2. The Balaban J connectivity index is 2.55. The van der Waals surface area contributed by atoms with Gasteiger partial charge in [0.25, 0.3) is 0 Å². The van der Waals surface area contributed by atoms with Gasteiger partial charge in [-0.2, -0.15) is 0 Å². The summed E-state index contributed by atoms with van der Waals surface area (Å²) in [6.07, 6.45) is 2.58. The van der Waals surface area contributed by atoms with Gasteiger partial charge in [0.15, 0.2) is 0 Å². The highest BCUT2D eigenvalue weighted by atomic mass is 35.8. The lowest BCUT2D eigenvalue weighted by molar-refractivity contribution is 0.863. The molecule has 0 radical (unpaired) electrons. The van der Waals surface area contributed by atoms with Crippen LogP contribution in [0.5, 0.6) is 0 Å². The summed E-state index contributed by atoms with van der Waals surface area (Å²) < 4.78 is 0. The Kier molecular flexibility index (Phi) is 4.66. The van der Waals surface area contributed by atoms with Crippen LogP contribution in [0, 0.1) is 0 Å². The summed E-state index contributed by atoms with van der Waals surface area (Å²) in [5, 5.41) is 0. The summed E-state index contributed by atoms with van der Waals surface area (Å²) >= 11 is 35.5. The molecule has 0 saturated heterocycles. The lowest BCUT2D eigenvalue weighted by Gasteiger charge is -2.19. The molecule has 0 heterocycles. The van der Waals surface area contributed by atoms with Gasteiger partial charge in [-0.25, -0.2) is 0 Å². The van der Waals surface area contributed by atoms with Gasteiger partial charge in [0.2, 0.25) is 0 Å². The quantitative estimate of drug-likeness (QED) is 0.479. The molecule has 0 aromatic rings. The van der Waals surface area contributed by atoms with Gasteiger partial charge in [0.1, 0.15) is 0 Å². The highest BCUT2D eigenvalue weighted by Crippen LogP contribution is 2.55. The van der Waals surface area contributed by atoms with E-state index < -0.39 is 12.0 Å². The van der Waals surface area contributed by atoms with E-state index >= 15 is 0 Å². The van der Waals surface area contributed by atoms with Crippen LogP contribution in [-0.4, -0.2) is 12.0 Å². The molecule has 0 aromatic carbocycles. The third kappa shape index (κ3) is 3.91. The van der Waals surface area contributed by atoms with E-state index in [9.17, 15) is 0 Å². The maximum absolute atomic E-state index is 5.91. The minimum absolute atomic E-state index is 0.172. The molecule has 0 bridgehead atoms. The van der Waals surface area contributed by atoms with E-state index in [4.69, 9.17) is 66.5 Å². The van der Waals surface area contributed by atoms with Gasteiger partial charge in [-0.05, 0) is 30.3 Å². The monoisotopic (exact) mass is 334 g/mol. The number of halogens is 6. The van der Waals surface area contributed by atoms with Crippen molar-refractivity contribution in [1.82, 2.24) is 0 Å². The standard InChI is InChI=1S/C5H8Cl6Si2/c6-12(7,8)4-1-2-5(3-4)13(9,10)11/h4-5H,1-3H2. The summed E-state index contributed by atoms with van der Waals surface area (Å²) in [5.41, 5.74) is 0.344. The molecular formula is C5H8Cl6Si2. The van der Waals surface area contributed by atoms with Crippen molar-refractivity contribution in [2.45, 2.75) is 30.3 Å². The molecule has 78 valence electrons. The van der Waals surface area contributed by atoms with Crippen molar-refractivity contribution in [3.8, 4) is 0 Å². The van der Waals surface area contributed by atoms with E-state index in [0.29, 0.717) is 0 Å². The summed E-state index contributed by atoms with van der Waals surface area (Å²) in [5.74, 6) is 0. The second-order valence-corrected chi connectivity index (χ2v) is 21.3. The van der Waals surface area contributed by atoms with Crippen LogP contribution in [0.25, 0.3) is 0 Å². The Hall–Kier alpha value is 2.17. The van der Waals surface area contributed by atoms with E-state index in [0.717, 1.165) is 19.3 Å². The van der Waals surface area contributed by atoms with Crippen LogP contribution in [0.4, 0.5) is 0 Å². The predicted molar refractivity (Wildman–Crippen MR) is 68.0 cm³/mol. The molecule has 1 saturated carbocycles. The molecule has 0 amide bonds. The molecule has 0 spiro atoms. The Morgan fingerprint density at radius 3 is 1.15 bits per heavy atom. The zero-order chi connectivity index (χ0) is 10.3. The minimum atomic E-state index is -2.58. The number of rotatable bonds is 2. The van der Waals surface area contributed by atoms with Crippen molar-refractivity contribution in [3.05, 3.63) is 0 Å². The van der Waals surface area contributed by atoms with Crippen LogP contribution in [0.3, 0.4) is 0 Å². The van der Waals surface area contributed by atoms with Gasteiger partial charge in [-0.3, -0.25) is 0 Å². The van der Waals surface area contributed by atoms with Gasteiger partial charge in [-0.15, -0.1) is 66.5 Å². The molecular weight excluding hydrogens is 329 g/mol. The molecule has 2 atom stereocenters. The molecule has 8 heteroatoms. The first-order chi connectivity index (χ1) is 5.71. The Morgan fingerprint density at radius 1 is 0.692 bits per heavy atom. The maximum Gasteiger partial charge on any atom is 0.344 e. The second kappa shape index (κ2) is 4.58. The van der Waals surface area contributed by atoms with Crippen molar-refractivity contribution in [1.29, 1.82) is 0 Å². The highest BCUT2D eigenvalue weighted by molar-refractivity contribution is 7.66. The van der Waals surface area contributed by atoms with Crippen LogP contribution >= 0.6 is 66.5 Å². The third-order valence-corrected chi connectivity index (χ3v) is 10.8. The van der Waals surface area contributed by atoms with Crippen LogP contribution in [0.1, 0.15) is 19.3 Å². The fourth-order valence-electron chi connectivity index (χ4n) is 1.58. The topological polar surface area (TPSA) is 0 Å². The smallest absolute Gasteiger partial charge is 0.126 e. The van der Waals surface area contributed by atoms with Gasteiger partial charge in [0.05, 0.1) is 0 Å². The van der Waals surface area contributed by atoms with Crippen LogP contribution in [0.15, 0.2) is 0 Å². The zero-order valence-corrected chi connectivity index (χ0v) is 13.1. The molecule has 1 fully saturated rings. The normalized spacial score (nSPS) is 30.9. The molecule has 1 aliphatic rings. The Morgan fingerprint density at radius 2 is 1.00 bits per heavy atom. The average molecular weight is 337 g/mol. The fourth-order valence-corrected chi connectivity index (χ4v) is 7.47. The molecule has 0 nitrogen and oxygen atoms in total. The predicted octanol–water partition coefficient (Wildman–Crippen LogP) is 5.22. The lowest BCUT2D eigenvalue weighted by atomic mass is 10.4. The Bertz CT molecular complexity index is 164. The van der Waals surface area contributed by atoms with E-state index in [1.807, 2.05) is 0 Å². The molecule has 13 heavy (non-hydrogen) atoms. The van der Waals surface area contributed by atoms with Crippen molar-refractivity contribution in [2.75, 3.05) is 0 Å². The Labute approximate surface area is 108 Å². The molecule has 1 aliphatic carbocycles. The minimum Gasteiger partial charge on any atom is -0.126 e. The molecule has 0 N–H and O–H groups in total. The van der Waals surface area contributed by atoms with Gasteiger partial charge < -0.3 is 0 Å². The largest absolute Gasteiger partial charge is 0.344 e. The van der Waals surface area contributed by atoms with Crippen molar-refractivity contribution in [3.63, 3.8) is 0 Å². The molecule has 0 aromatic heterocycles. The van der Waals surface area contributed by atoms with Crippen LogP contribution in [0.2, 0.25) is 11.1 Å². The van der Waals surface area contributed by atoms with Crippen LogP contribution in [-0.2, 0) is 0 Å². The van der Waals surface area contributed by atoms with Gasteiger partial charge >= 0.3 is 12.0 Å². The van der Waals surface area contributed by atoms with Gasteiger partial charge in [-0.1, -0.05) is 0 Å². The molecule has 2 unspecified atom stereocenters. The van der Waals surface area contributed by atoms with E-state index in [2.05, 4.69) is 0 Å². The van der Waals surface area contributed by atoms with E-state index in [-0.39, 0.29) is 11.1 Å². The SMILES string of the molecule is Cl[Si](Cl)(Cl)C1CCC([Si](Cl)(Cl)Cl)C1. The summed E-state index contributed by atoms with van der Waals surface area (Å²) in [7, 11) is 0. The van der Waals surface area contributed by atoms with Crippen molar-refractivity contribution >= 4 is 78.5 Å². The lowest BCUT2D eigenvalue weighted by Crippen LogP contribution is -2.20. The summed E-state index contributed by atoms with van der Waals surface area (Å²) in [6.45, 7) is 0. The number of hydrogen-bond donors (Lipinski definition) is 0. The summed E-state index contributed by atoms with van der Waals surface area (Å²) in [6, 6.07) is -5.16. The second-order valence-electron chi connectivity index (χ2n) is 3.29. The first-order valence-corrected chi connectivity index (χ1v) is 14.1. The van der Waals surface area contributed by atoms with Gasteiger partial charge in [0, 0.05) is 0 Å². The van der Waals surface area contributed by atoms with Crippen molar-refractivity contribution < 1.29 is 0 Å². The van der Waals surface area contributed by atoms with E-state index in [1.54, 1.807) is 0 Å². The van der Waals surface area contributed by atoms with E-state index in [1.165, 1.54) is 0 Å². The third-order valence-electron chi connectivity index (χ3n) is 2.36. The molecule has 1 rings (SSSR count). The zero-order valence-electron chi connectivity index (χ0n) is 6.54. The summed E-state index contributed by atoms with van der Waals surface area (Å²) in [4.78, 5) is 0. The maximum atomic E-state index is 5.91. The average Bonchev–Trinajstić information content (AvgIpc) is 2.28.